The van der Waals surface area contributed by atoms with Crippen LogP contribution in [0.25, 0.3) is 0 Å². The van der Waals surface area contributed by atoms with E-state index in [-0.39, 0.29) is 6.61 Å². The van der Waals surface area contributed by atoms with Gasteiger partial charge in [0.1, 0.15) is 18.0 Å². The summed E-state index contributed by atoms with van der Waals surface area (Å²) in [5, 5.41) is 15.2. The summed E-state index contributed by atoms with van der Waals surface area (Å²) in [5.41, 5.74) is 0. The van der Waals surface area contributed by atoms with E-state index in [9.17, 15) is 0 Å². The number of aromatic nitrogens is 2. The lowest BCUT2D eigenvalue weighted by Crippen LogP contribution is -2.16. The molecule has 5 nitrogen and oxygen atoms in total. The van der Waals surface area contributed by atoms with Gasteiger partial charge in [-0.1, -0.05) is 19.3 Å². The zero-order chi connectivity index (χ0) is 12.6. The lowest BCUT2D eigenvalue weighted by Gasteiger charge is -2.25. The molecule has 1 aliphatic carbocycles. The van der Waals surface area contributed by atoms with Crippen LogP contribution in [0.4, 0.5) is 11.6 Å². The number of nitrogens with zero attached hydrogens (tertiary/aromatic N) is 2. The van der Waals surface area contributed by atoms with E-state index in [4.69, 9.17) is 5.11 Å². The number of rotatable bonds is 8. The molecule has 0 unspecified atom stereocenters. The number of aliphatic hydroxyl groups excluding tert-OH is 1. The number of nitrogens with one attached hydrogen (secondary N) is 2. The summed E-state index contributed by atoms with van der Waals surface area (Å²) in [7, 11) is 0. The molecule has 0 atom stereocenters. The van der Waals surface area contributed by atoms with E-state index >= 15 is 0 Å². The lowest BCUT2D eigenvalue weighted by molar-refractivity contribution is 0.292. The Labute approximate surface area is 108 Å². The van der Waals surface area contributed by atoms with E-state index in [0.29, 0.717) is 0 Å². The topological polar surface area (TPSA) is 70.1 Å². The van der Waals surface area contributed by atoms with Gasteiger partial charge in [-0.05, 0) is 18.8 Å². The molecule has 1 heterocycles. The van der Waals surface area contributed by atoms with Crippen molar-refractivity contribution in [2.45, 2.75) is 32.1 Å². The maximum atomic E-state index is 8.71. The minimum Gasteiger partial charge on any atom is -0.396 e. The van der Waals surface area contributed by atoms with E-state index in [2.05, 4.69) is 20.6 Å². The highest BCUT2D eigenvalue weighted by atomic mass is 16.3. The van der Waals surface area contributed by atoms with Crippen molar-refractivity contribution in [1.29, 1.82) is 0 Å². The summed E-state index contributed by atoms with van der Waals surface area (Å²) in [4.78, 5) is 8.33. The molecule has 0 amide bonds. The van der Waals surface area contributed by atoms with Crippen LogP contribution in [0.15, 0.2) is 12.4 Å². The lowest BCUT2D eigenvalue weighted by atomic mass is 9.83. The highest BCUT2D eigenvalue weighted by Crippen LogP contribution is 2.29. The number of hydrogen-bond donors (Lipinski definition) is 3. The first-order chi connectivity index (χ1) is 8.88. The van der Waals surface area contributed by atoms with Gasteiger partial charge in [0.05, 0.1) is 0 Å². The Bertz CT molecular complexity index is 355. The molecular formula is C13H22N4O. The Morgan fingerprint density at radius 2 is 1.89 bits per heavy atom. The van der Waals surface area contributed by atoms with Crippen molar-refractivity contribution in [2.75, 3.05) is 30.3 Å². The summed E-state index contributed by atoms with van der Waals surface area (Å²) in [5.74, 6) is 2.60. The highest BCUT2D eigenvalue weighted by molar-refractivity contribution is 5.46. The minimum absolute atomic E-state index is 0.199. The van der Waals surface area contributed by atoms with Gasteiger partial charge in [0, 0.05) is 25.8 Å². The van der Waals surface area contributed by atoms with Gasteiger partial charge >= 0.3 is 0 Å². The first kappa shape index (κ1) is 13.1. The SMILES string of the molecule is OCCCNc1cc(NCCC2CCC2)ncn1. The molecule has 0 aliphatic heterocycles. The van der Waals surface area contributed by atoms with E-state index < -0.39 is 0 Å². The highest BCUT2D eigenvalue weighted by Gasteiger charge is 2.16. The van der Waals surface area contributed by atoms with Crippen molar-refractivity contribution in [3.8, 4) is 0 Å². The molecule has 1 aromatic rings. The molecule has 5 heteroatoms. The molecule has 2 rings (SSSR count). The number of hydrogen-bond acceptors (Lipinski definition) is 5. The minimum atomic E-state index is 0.199. The molecule has 3 N–H and O–H groups in total. The van der Waals surface area contributed by atoms with Crippen LogP contribution in [0.1, 0.15) is 32.1 Å². The third-order valence-electron chi connectivity index (χ3n) is 3.39. The predicted molar refractivity (Wildman–Crippen MR) is 72.7 cm³/mol. The van der Waals surface area contributed by atoms with Gasteiger partial charge in [-0.2, -0.15) is 0 Å². The average molecular weight is 250 g/mol. The maximum absolute atomic E-state index is 8.71. The standard InChI is InChI=1S/C13H22N4O/c18-8-2-6-14-12-9-13(17-10-16-12)15-7-5-11-3-1-4-11/h9-11,18H,1-8H2,(H2,14,15,16,17). The van der Waals surface area contributed by atoms with Gasteiger partial charge in [-0.25, -0.2) is 9.97 Å². The van der Waals surface area contributed by atoms with Crippen LogP contribution in [0.3, 0.4) is 0 Å². The molecule has 0 radical (unpaired) electrons. The summed E-state index contributed by atoms with van der Waals surface area (Å²) in [6.07, 6.45) is 7.70. The predicted octanol–water partition coefficient (Wildman–Crippen LogP) is 1.87. The van der Waals surface area contributed by atoms with Gasteiger partial charge in [-0.3, -0.25) is 0 Å². The van der Waals surface area contributed by atoms with Crippen LogP contribution in [-0.4, -0.2) is 34.8 Å². The zero-order valence-electron chi connectivity index (χ0n) is 10.7. The second kappa shape index (κ2) is 7.16. The first-order valence-electron chi connectivity index (χ1n) is 6.79. The van der Waals surface area contributed by atoms with Crippen LogP contribution in [0, 0.1) is 5.92 Å². The van der Waals surface area contributed by atoms with Crippen LogP contribution in [-0.2, 0) is 0 Å². The van der Waals surface area contributed by atoms with Gasteiger partial charge in [0.15, 0.2) is 0 Å². The van der Waals surface area contributed by atoms with Gasteiger partial charge < -0.3 is 15.7 Å². The second-order valence-corrected chi connectivity index (χ2v) is 4.80. The maximum Gasteiger partial charge on any atom is 0.131 e. The van der Waals surface area contributed by atoms with Crippen molar-refractivity contribution in [2.24, 2.45) is 5.92 Å². The van der Waals surface area contributed by atoms with Gasteiger partial charge in [0.2, 0.25) is 0 Å². The van der Waals surface area contributed by atoms with Crippen molar-refractivity contribution in [3.05, 3.63) is 12.4 Å². The Balaban J connectivity index is 1.71. The van der Waals surface area contributed by atoms with Crippen molar-refractivity contribution in [1.82, 2.24) is 9.97 Å². The molecule has 0 spiro atoms. The van der Waals surface area contributed by atoms with Crippen molar-refractivity contribution < 1.29 is 5.11 Å². The van der Waals surface area contributed by atoms with E-state index in [1.165, 1.54) is 25.7 Å². The van der Waals surface area contributed by atoms with Crippen LogP contribution < -0.4 is 10.6 Å². The fraction of sp³-hybridized carbons (Fsp3) is 0.692. The molecule has 0 aromatic carbocycles. The quantitative estimate of drug-likeness (QED) is 0.614. The molecular weight excluding hydrogens is 228 g/mol. The fourth-order valence-electron chi connectivity index (χ4n) is 2.03. The molecule has 18 heavy (non-hydrogen) atoms. The first-order valence-corrected chi connectivity index (χ1v) is 6.79. The van der Waals surface area contributed by atoms with Crippen molar-refractivity contribution >= 4 is 11.6 Å². The van der Waals surface area contributed by atoms with Gasteiger partial charge in [0.25, 0.3) is 0 Å². The van der Waals surface area contributed by atoms with E-state index in [1.807, 2.05) is 6.07 Å². The second-order valence-electron chi connectivity index (χ2n) is 4.80. The van der Waals surface area contributed by atoms with Crippen LogP contribution in [0.5, 0.6) is 0 Å². The Hall–Kier alpha value is -1.36. The van der Waals surface area contributed by atoms with Crippen LogP contribution >= 0.6 is 0 Å². The third kappa shape index (κ3) is 4.14. The Morgan fingerprint density at radius 1 is 1.17 bits per heavy atom. The Kier molecular flexibility index (Phi) is 5.20. The summed E-state index contributed by atoms with van der Waals surface area (Å²) >= 11 is 0. The third-order valence-corrected chi connectivity index (χ3v) is 3.39. The molecule has 1 aromatic heterocycles. The smallest absolute Gasteiger partial charge is 0.131 e. The van der Waals surface area contributed by atoms with E-state index in [1.54, 1.807) is 6.33 Å². The average Bonchev–Trinajstić information content (AvgIpc) is 2.33. The molecule has 0 bridgehead atoms. The number of aliphatic hydroxyl groups is 1. The molecule has 100 valence electrons. The monoisotopic (exact) mass is 250 g/mol. The van der Waals surface area contributed by atoms with Crippen molar-refractivity contribution in [3.63, 3.8) is 0 Å². The largest absolute Gasteiger partial charge is 0.396 e. The molecule has 1 saturated carbocycles. The fourth-order valence-corrected chi connectivity index (χ4v) is 2.03. The number of anilines is 2. The summed E-state index contributed by atoms with van der Waals surface area (Å²) in [6.45, 7) is 1.91. The molecule has 1 aliphatic rings. The molecule has 0 saturated heterocycles. The Morgan fingerprint density at radius 3 is 2.50 bits per heavy atom. The normalized spacial score (nSPS) is 15.2. The zero-order valence-corrected chi connectivity index (χ0v) is 10.7. The molecule has 1 fully saturated rings. The summed E-state index contributed by atoms with van der Waals surface area (Å²) in [6, 6.07) is 1.91. The summed E-state index contributed by atoms with van der Waals surface area (Å²) < 4.78 is 0. The van der Waals surface area contributed by atoms with E-state index in [0.717, 1.165) is 37.1 Å². The van der Waals surface area contributed by atoms with Crippen LogP contribution in [0.2, 0.25) is 0 Å². The van der Waals surface area contributed by atoms with Gasteiger partial charge in [-0.15, -0.1) is 0 Å².